The standard InChI is InChI=1S/C27H26O8/c1-29-17-6-8-23(30-2)20(12-17)22(28)15-34-18-7-9-24-19(13-18)21(14-35-24)16-10-25(31-3)27(33-5)26(11-16)32-4/h6-14H,15H2,1-5H3. The Bertz CT molecular complexity index is 1330. The number of ether oxygens (including phenoxy) is 6. The fraction of sp³-hybridized carbons (Fsp3) is 0.222. The highest BCUT2D eigenvalue weighted by atomic mass is 16.5. The number of carbonyl (C=O) groups is 1. The van der Waals surface area contributed by atoms with Gasteiger partial charge in [0.15, 0.2) is 18.1 Å². The zero-order chi connectivity index (χ0) is 24.9. The lowest BCUT2D eigenvalue weighted by Gasteiger charge is -2.14. The van der Waals surface area contributed by atoms with Crippen LogP contribution in [0.5, 0.6) is 34.5 Å². The van der Waals surface area contributed by atoms with Gasteiger partial charge in [0.05, 0.1) is 47.4 Å². The molecule has 0 spiro atoms. The largest absolute Gasteiger partial charge is 0.497 e. The lowest BCUT2D eigenvalue weighted by atomic mass is 10.0. The SMILES string of the molecule is COc1ccc(OC)c(C(=O)COc2ccc3occ(-c4cc(OC)c(OC)c(OC)c4)c3c2)c1. The van der Waals surface area contributed by atoms with Gasteiger partial charge < -0.3 is 32.8 Å². The second-order valence-corrected chi connectivity index (χ2v) is 7.50. The molecule has 0 atom stereocenters. The highest BCUT2D eigenvalue weighted by molar-refractivity contribution is 6.00. The Kier molecular flexibility index (Phi) is 7.01. The molecule has 0 bridgehead atoms. The highest BCUT2D eigenvalue weighted by Crippen LogP contribution is 2.43. The molecule has 0 radical (unpaired) electrons. The Balaban J connectivity index is 1.63. The summed E-state index contributed by atoms with van der Waals surface area (Å²) in [6.07, 6.45) is 1.65. The third-order valence-corrected chi connectivity index (χ3v) is 5.60. The smallest absolute Gasteiger partial charge is 0.204 e. The first-order valence-electron chi connectivity index (χ1n) is 10.7. The van der Waals surface area contributed by atoms with E-state index in [1.807, 2.05) is 18.2 Å². The predicted molar refractivity (Wildman–Crippen MR) is 131 cm³/mol. The lowest BCUT2D eigenvalue weighted by molar-refractivity contribution is 0.0918. The summed E-state index contributed by atoms with van der Waals surface area (Å²) in [5.41, 5.74) is 2.68. The number of hydrogen-bond donors (Lipinski definition) is 0. The van der Waals surface area contributed by atoms with Gasteiger partial charge in [-0.15, -0.1) is 0 Å². The molecule has 0 fully saturated rings. The number of benzene rings is 3. The minimum Gasteiger partial charge on any atom is -0.497 e. The fourth-order valence-corrected chi connectivity index (χ4v) is 3.82. The maximum Gasteiger partial charge on any atom is 0.204 e. The van der Waals surface area contributed by atoms with Crippen molar-refractivity contribution in [3.63, 3.8) is 0 Å². The molecule has 4 aromatic rings. The second-order valence-electron chi connectivity index (χ2n) is 7.50. The molecule has 8 heteroatoms. The van der Waals surface area contributed by atoms with Crippen molar-refractivity contribution in [2.75, 3.05) is 42.2 Å². The summed E-state index contributed by atoms with van der Waals surface area (Å²) in [4.78, 5) is 12.9. The second kappa shape index (κ2) is 10.3. The molecule has 35 heavy (non-hydrogen) atoms. The van der Waals surface area contributed by atoms with Crippen LogP contribution in [0.25, 0.3) is 22.1 Å². The summed E-state index contributed by atoms with van der Waals surface area (Å²) in [7, 11) is 7.73. The van der Waals surface area contributed by atoms with E-state index in [1.165, 1.54) is 14.2 Å². The molecule has 0 N–H and O–H groups in total. The van der Waals surface area contributed by atoms with Crippen molar-refractivity contribution >= 4 is 16.8 Å². The van der Waals surface area contributed by atoms with Crippen LogP contribution in [0.2, 0.25) is 0 Å². The minimum absolute atomic E-state index is 0.174. The summed E-state index contributed by atoms with van der Waals surface area (Å²) in [6, 6.07) is 14.1. The minimum atomic E-state index is -0.238. The summed E-state index contributed by atoms with van der Waals surface area (Å²) in [6.45, 7) is -0.174. The van der Waals surface area contributed by atoms with E-state index in [4.69, 9.17) is 32.8 Å². The van der Waals surface area contributed by atoms with E-state index in [9.17, 15) is 4.79 Å². The van der Waals surface area contributed by atoms with E-state index in [2.05, 4.69) is 0 Å². The van der Waals surface area contributed by atoms with Crippen molar-refractivity contribution in [3.8, 4) is 45.6 Å². The number of ketones is 1. The van der Waals surface area contributed by atoms with Crippen molar-refractivity contribution in [2.45, 2.75) is 0 Å². The zero-order valence-electron chi connectivity index (χ0n) is 20.2. The molecule has 1 aromatic heterocycles. The van der Waals surface area contributed by atoms with Gasteiger partial charge in [0, 0.05) is 10.9 Å². The Labute approximate surface area is 202 Å². The number of carbonyl (C=O) groups excluding carboxylic acids is 1. The molecule has 182 valence electrons. The quantitative estimate of drug-likeness (QED) is 0.280. The number of Topliss-reactive ketones (excluding diaryl/α,β-unsaturated/α-hetero) is 1. The predicted octanol–water partition coefficient (Wildman–Crippen LogP) is 5.40. The van der Waals surface area contributed by atoms with Gasteiger partial charge in [-0.1, -0.05) is 0 Å². The summed E-state index contributed by atoms with van der Waals surface area (Å²) in [5.74, 6) is 2.85. The van der Waals surface area contributed by atoms with Gasteiger partial charge in [-0.25, -0.2) is 0 Å². The first-order valence-corrected chi connectivity index (χ1v) is 10.7. The normalized spacial score (nSPS) is 10.7. The Hall–Kier alpha value is -4.33. The highest BCUT2D eigenvalue weighted by Gasteiger charge is 2.18. The molecule has 0 aliphatic carbocycles. The van der Waals surface area contributed by atoms with Crippen LogP contribution >= 0.6 is 0 Å². The van der Waals surface area contributed by atoms with Crippen molar-refractivity contribution in [1.29, 1.82) is 0 Å². The molecular weight excluding hydrogens is 452 g/mol. The molecule has 0 saturated heterocycles. The molecule has 0 aliphatic rings. The topological polar surface area (TPSA) is 85.6 Å². The summed E-state index contributed by atoms with van der Waals surface area (Å²) >= 11 is 0. The molecule has 4 rings (SSSR count). The van der Waals surface area contributed by atoms with Crippen LogP contribution in [-0.2, 0) is 0 Å². The molecule has 0 unspecified atom stereocenters. The van der Waals surface area contributed by atoms with Crippen LogP contribution in [0.3, 0.4) is 0 Å². The van der Waals surface area contributed by atoms with E-state index in [0.29, 0.717) is 45.6 Å². The number of rotatable bonds is 10. The van der Waals surface area contributed by atoms with Crippen molar-refractivity contribution in [2.24, 2.45) is 0 Å². The van der Waals surface area contributed by atoms with E-state index >= 15 is 0 Å². The van der Waals surface area contributed by atoms with Gasteiger partial charge in [-0.2, -0.15) is 0 Å². The molecule has 8 nitrogen and oxygen atoms in total. The Morgan fingerprint density at radius 2 is 1.43 bits per heavy atom. The number of hydrogen-bond acceptors (Lipinski definition) is 8. The van der Waals surface area contributed by atoms with Gasteiger partial charge in [0.2, 0.25) is 11.5 Å². The zero-order valence-corrected chi connectivity index (χ0v) is 20.2. The number of furan rings is 1. The molecule has 0 aliphatic heterocycles. The lowest BCUT2D eigenvalue weighted by Crippen LogP contribution is -2.13. The van der Waals surface area contributed by atoms with E-state index in [-0.39, 0.29) is 12.4 Å². The van der Waals surface area contributed by atoms with Gasteiger partial charge in [-0.05, 0) is 54.1 Å². The molecule has 1 heterocycles. The maximum absolute atomic E-state index is 12.9. The first kappa shape index (κ1) is 23.8. The van der Waals surface area contributed by atoms with E-state index in [1.54, 1.807) is 57.9 Å². The molecular formula is C27H26O8. The van der Waals surface area contributed by atoms with E-state index < -0.39 is 0 Å². The molecule has 0 amide bonds. The van der Waals surface area contributed by atoms with Crippen LogP contribution < -0.4 is 28.4 Å². The molecule has 3 aromatic carbocycles. The maximum atomic E-state index is 12.9. The van der Waals surface area contributed by atoms with Crippen LogP contribution in [0.1, 0.15) is 10.4 Å². The average molecular weight is 478 g/mol. The van der Waals surface area contributed by atoms with Crippen molar-refractivity contribution < 1.29 is 37.6 Å². The Morgan fingerprint density at radius 1 is 0.743 bits per heavy atom. The summed E-state index contributed by atoms with van der Waals surface area (Å²) < 4.78 is 38.5. The van der Waals surface area contributed by atoms with Gasteiger partial charge >= 0.3 is 0 Å². The van der Waals surface area contributed by atoms with Crippen molar-refractivity contribution in [1.82, 2.24) is 0 Å². The number of methoxy groups -OCH3 is 5. The average Bonchev–Trinajstić information content (AvgIpc) is 3.33. The monoisotopic (exact) mass is 478 g/mol. The van der Waals surface area contributed by atoms with Crippen LogP contribution in [0, 0.1) is 0 Å². The van der Waals surface area contributed by atoms with Crippen LogP contribution in [0.4, 0.5) is 0 Å². The molecule has 0 saturated carbocycles. The van der Waals surface area contributed by atoms with Gasteiger partial charge in [0.1, 0.15) is 22.8 Å². The van der Waals surface area contributed by atoms with Crippen LogP contribution in [-0.4, -0.2) is 47.9 Å². The van der Waals surface area contributed by atoms with Crippen LogP contribution in [0.15, 0.2) is 59.2 Å². The van der Waals surface area contributed by atoms with Gasteiger partial charge in [-0.3, -0.25) is 4.79 Å². The summed E-state index contributed by atoms with van der Waals surface area (Å²) in [5, 5.41) is 0.809. The fourth-order valence-electron chi connectivity index (χ4n) is 3.82. The Morgan fingerprint density at radius 3 is 2.06 bits per heavy atom. The third kappa shape index (κ3) is 4.68. The first-order chi connectivity index (χ1) is 17.0. The van der Waals surface area contributed by atoms with E-state index in [0.717, 1.165) is 16.5 Å². The van der Waals surface area contributed by atoms with Gasteiger partial charge in [0.25, 0.3) is 0 Å². The van der Waals surface area contributed by atoms with Crippen molar-refractivity contribution in [3.05, 3.63) is 60.4 Å². The number of fused-ring (bicyclic) bond motifs is 1. The third-order valence-electron chi connectivity index (χ3n) is 5.60.